The van der Waals surface area contributed by atoms with Gasteiger partial charge in [-0.1, -0.05) is 133 Å². The first kappa shape index (κ1) is 111. The Labute approximate surface area is 868 Å². The lowest BCUT2D eigenvalue weighted by atomic mass is 10.0. The second-order valence-corrected chi connectivity index (χ2v) is 34.8. The van der Waals surface area contributed by atoms with Crippen LogP contribution in [0.25, 0.3) is 0 Å². The van der Waals surface area contributed by atoms with Crippen molar-refractivity contribution in [1.29, 1.82) is 0 Å². The van der Waals surface area contributed by atoms with Crippen molar-refractivity contribution in [2.75, 3.05) is 103 Å². The lowest BCUT2D eigenvalue weighted by Crippen LogP contribution is -2.22. The lowest BCUT2D eigenvalue weighted by Gasteiger charge is -2.06. The van der Waals surface area contributed by atoms with E-state index in [4.69, 9.17) is 117 Å². The van der Waals surface area contributed by atoms with Gasteiger partial charge in [-0.15, -0.1) is 11.8 Å². The summed E-state index contributed by atoms with van der Waals surface area (Å²) in [6, 6.07) is 135. The summed E-state index contributed by atoms with van der Waals surface area (Å²) < 4.78 is 16.4. The van der Waals surface area contributed by atoms with E-state index < -0.39 is 0 Å². The minimum Gasteiger partial charge on any atom is -0.489 e. The van der Waals surface area contributed by atoms with Gasteiger partial charge in [-0.05, 0) is 377 Å². The van der Waals surface area contributed by atoms with Crippen molar-refractivity contribution in [1.82, 2.24) is 5.32 Å². The molecule has 27 nitrogen and oxygen atoms in total. The number of carbonyl (C=O) groups is 3. The minimum absolute atomic E-state index is 0.0785. The fourth-order valence-corrected chi connectivity index (χ4v) is 13.9. The van der Waals surface area contributed by atoms with Crippen molar-refractivity contribution in [2.45, 2.75) is 62.8 Å². The molecule has 148 heavy (non-hydrogen) atoms. The highest BCUT2D eigenvalue weighted by molar-refractivity contribution is 7.98. The first-order valence-corrected chi connectivity index (χ1v) is 47.9. The summed E-state index contributed by atoms with van der Waals surface area (Å²) in [5.74, 6) is 2.16. The van der Waals surface area contributed by atoms with E-state index in [0.29, 0.717) is 83.5 Å². The molecule has 0 aliphatic carbocycles. The number of ether oxygens (including phenoxy) is 3. The highest BCUT2D eigenvalue weighted by atomic mass is 32.2. The predicted octanol–water partition coefficient (Wildman–Crippen LogP) is 22.3. The zero-order chi connectivity index (χ0) is 106. The normalized spacial score (nSPS) is 10.2. The number of esters is 1. The zero-order valence-electron chi connectivity index (χ0n) is 82.1. The third-order valence-corrected chi connectivity index (χ3v) is 22.6. The molecule has 754 valence electrons. The fourth-order valence-electron chi connectivity index (χ4n) is 13.0. The molecule has 37 N–H and O–H groups in total. The Morgan fingerprint density at radius 3 is 0.784 bits per heavy atom. The monoisotopic (exact) mass is 1990 g/mol. The van der Waals surface area contributed by atoms with Crippen LogP contribution in [0.4, 0.5) is 108 Å². The third-order valence-electron chi connectivity index (χ3n) is 21.5. The van der Waals surface area contributed by atoms with Crippen LogP contribution in [0.1, 0.15) is 92.3 Å². The standard InChI is InChI=1S/C14H15N3O.C14H14N2O2.C14H14N2O.C13H14N4.2C13H14N2O.C13H14N2S.2C13H14N2/c15-12-5-1-10(2-6-12)9-17-14(18)11-3-7-13(16)8-4-11;15-12-5-1-10(2-6-12)9-18-14(17)11-3-7-13(16)8-4-11;15-12-5-1-10(2-6-12)9-14(17)11-3-7-13(16)8-4-11;14-11-3-1-10(2-4-11)9-16-17-13-7-5-12(15)6-8-13;3*14-11-3-1-10(2-4-11)9-16-13-7-5-12(15)6-8-13;2*14-12-5-1-10(2-6-12)9-11-3-7-13(15)8-4-11/h1-8H,9,15-16H2,(H,17,18);1-8H,9,15-16H2;1-8H,9,15-16H2;1-8H,9,14-15H2;3*1-8H,9,14-15H2;2*1-8H,9,14-15H2. The fraction of sp³-hybridized carbons (Fsp3) is 0.0750. The number of hydrogen-bond acceptors (Lipinski definition) is 27. The number of Topliss-reactive ketones (excluding diaryl/α,β-unsaturated/α-hetero) is 1. The van der Waals surface area contributed by atoms with E-state index in [1.165, 1.54) is 32.7 Å². The molecule has 0 heterocycles. The molecule has 18 aromatic carbocycles. The van der Waals surface area contributed by atoms with E-state index in [1.807, 2.05) is 315 Å². The molecule has 0 bridgehead atoms. The Hall–Kier alpha value is -19.5. The highest BCUT2D eigenvalue weighted by Gasteiger charge is 2.12. The number of nitrogen functional groups attached to an aromatic ring is 18. The minimum atomic E-state index is -0.369. The van der Waals surface area contributed by atoms with Crippen LogP contribution in [0, 0.1) is 0 Å². The number of nitrogens with zero attached hydrogens (tertiary/aromatic N) is 2. The second kappa shape index (κ2) is 59.3. The Morgan fingerprint density at radius 1 is 0.230 bits per heavy atom. The average Bonchev–Trinajstić information content (AvgIpc) is 0.865. The van der Waals surface area contributed by atoms with E-state index in [0.717, 1.165) is 137 Å². The van der Waals surface area contributed by atoms with E-state index in [1.54, 1.807) is 121 Å². The van der Waals surface area contributed by atoms with Crippen LogP contribution in [-0.2, 0) is 62.7 Å². The molecule has 0 fully saturated rings. The summed E-state index contributed by atoms with van der Waals surface area (Å²) in [6.07, 6.45) is 2.21. The lowest BCUT2D eigenvalue weighted by molar-refractivity contribution is 0.0472. The number of amides is 1. The largest absolute Gasteiger partial charge is 0.489 e. The number of anilines is 18. The quantitative estimate of drug-likeness (QED) is 0.00830. The van der Waals surface area contributed by atoms with Crippen molar-refractivity contribution in [2.24, 2.45) is 10.2 Å². The van der Waals surface area contributed by atoms with Gasteiger partial charge in [0.2, 0.25) is 0 Å². The van der Waals surface area contributed by atoms with Crippen LogP contribution >= 0.6 is 11.8 Å². The maximum absolute atomic E-state index is 11.9. The summed E-state index contributed by atoms with van der Waals surface area (Å²) in [4.78, 5) is 36.7. The van der Waals surface area contributed by atoms with Crippen molar-refractivity contribution in [3.63, 3.8) is 0 Å². The Kier molecular flexibility index (Phi) is 44.3. The second-order valence-electron chi connectivity index (χ2n) is 33.8. The van der Waals surface area contributed by atoms with Gasteiger partial charge in [0.05, 0.1) is 17.8 Å². The first-order chi connectivity index (χ1) is 71.4. The molecule has 0 radical (unpaired) electrons. The number of benzene rings is 18. The molecular weight excluding hydrogens is 1860 g/mol. The summed E-state index contributed by atoms with van der Waals surface area (Å²) in [5.41, 5.74) is 129. The van der Waals surface area contributed by atoms with Crippen LogP contribution in [0.15, 0.2) is 452 Å². The molecule has 0 saturated carbocycles. The van der Waals surface area contributed by atoms with Gasteiger partial charge in [0, 0.05) is 137 Å². The van der Waals surface area contributed by atoms with Gasteiger partial charge in [0.1, 0.15) is 31.3 Å². The summed E-state index contributed by atoms with van der Waals surface area (Å²) in [6.45, 7) is 2.31. The molecule has 0 aliphatic heterocycles. The van der Waals surface area contributed by atoms with Gasteiger partial charge >= 0.3 is 5.97 Å². The number of nitrogens with one attached hydrogen (secondary N) is 1. The van der Waals surface area contributed by atoms with Crippen LogP contribution < -0.4 is 118 Å². The van der Waals surface area contributed by atoms with Crippen molar-refractivity contribution < 1.29 is 28.6 Å². The SMILES string of the molecule is Nc1ccc(CC(=O)c2ccc(N)cc2)cc1.Nc1ccc(CN=Nc2ccc(N)cc2)cc1.Nc1ccc(CNC(=O)c2ccc(N)cc2)cc1.Nc1ccc(COC(=O)c2ccc(N)cc2)cc1.Nc1ccc(COc2ccc(N)cc2)cc1.Nc1ccc(COc2ccc(N)cc2)cc1.Nc1ccc(CSc2ccc(N)cc2)cc1.Nc1ccc(Cc2ccc(N)cc2)cc1.Nc1ccc(Cc2ccc(N)cc2)cc1. The molecule has 0 spiro atoms. The van der Waals surface area contributed by atoms with Crippen molar-refractivity contribution >= 4 is 137 Å². The summed E-state index contributed by atoms with van der Waals surface area (Å²) in [7, 11) is 0. The molecule has 18 rings (SSSR count). The molecule has 18 aromatic rings. The molecule has 0 atom stereocenters. The van der Waals surface area contributed by atoms with Gasteiger partial charge in [0.15, 0.2) is 5.78 Å². The predicted molar refractivity (Wildman–Crippen MR) is 616 cm³/mol. The van der Waals surface area contributed by atoms with Crippen LogP contribution in [0.5, 0.6) is 11.5 Å². The van der Waals surface area contributed by atoms with Crippen LogP contribution in [0.3, 0.4) is 0 Å². The number of carbonyl (C=O) groups excluding carboxylic acids is 3. The van der Waals surface area contributed by atoms with E-state index in [9.17, 15) is 14.4 Å². The van der Waals surface area contributed by atoms with E-state index in [2.05, 4.69) is 27.7 Å². The molecule has 0 saturated heterocycles. The topological polar surface area (TPSA) is 584 Å². The highest BCUT2D eigenvalue weighted by Crippen LogP contribution is 2.27. The number of hydrogen-bond donors (Lipinski definition) is 19. The van der Waals surface area contributed by atoms with Gasteiger partial charge in [-0.2, -0.15) is 10.2 Å². The Bertz CT molecular complexity index is 6370. The van der Waals surface area contributed by atoms with Gasteiger partial charge in [-0.25, -0.2) is 4.79 Å². The summed E-state index contributed by atoms with van der Waals surface area (Å²) in [5, 5.41) is 11.1. The van der Waals surface area contributed by atoms with Crippen molar-refractivity contribution in [3.05, 3.63) is 515 Å². The van der Waals surface area contributed by atoms with Gasteiger partial charge in [0.25, 0.3) is 5.91 Å². The maximum atomic E-state index is 11.9. The van der Waals surface area contributed by atoms with Crippen LogP contribution in [-0.4, -0.2) is 17.7 Å². The molecule has 28 heteroatoms. The average molecular weight is 1990 g/mol. The smallest absolute Gasteiger partial charge is 0.338 e. The molecule has 1 amide bonds. The number of thioether (sulfide) groups is 1. The Balaban J connectivity index is 0.000000170. The number of ketones is 1. The Morgan fingerprint density at radius 2 is 0.466 bits per heavy atom. The van der Waals surface area contributed by atoms with E-state index >= 15 is 0 Å². The number of nitrogens with two attached hydrogens (primary N) is 18. The molecular formula is C120H127N21O6S. The molecule has 0 aliphatic rings. The molecule has 0 aromatic heterocycles. The van der Waals surface area contributed by atoms with Crippen LogP contribution in [0.2, 0.25) is 0 Å². The molecule has 0 unspecified atom stereocenters. The number of rotatable bonds is 25. The van der Waals surface area contributed by atoms with Gasteiger partial charge in [-0.3, -0.25) is 9.59 Å². The zero-order valence-corrected chi connectivity index (χ0v) is 82.9. The third kappa shape index (κ3) is 42.9. The maximum Gasteiger partial charge on any atom is 0.338 e. The van der Waals surface area contributed by atoms with E-state index in [-0.39, 0.29) is 24.3 Å². The van der Waals surface area contributed by atoms with Gasteiger partial charge < -0.3 is 123 Å². The van der Waals surface area contributed by atoms with Crippen molar-refractivity contribution in [3.8, 4) is 11.5 Å². The summed E-state index contributed by atoms with van der Waals surface area (Å²) >= 11 is 1.79. The first-order valence-electron chi connectivity index (χ1n) is 46.9. The number of azo groups is 1.